The number of piperidine rings is 1. The van der Waals surface area contributed by atoms with Gasteiger partial charge in [0.2, 0.25) is 10.0 Å². The number of hydrogen-bond donors (Lipinski definition) is 2. The molecule has 1 saturated heterocycles. The van der Waals surface area contributed by atoms with Crippen LogP contribution in [0.3, 0.4) is 0 Å². The molecule has 1 aliphatic rings. The van der Waals surface area contributed by atoms with Crippen molar-refractivity contribution in [3.8, 4) is 0 Å². The van der Waals surface area contributed by atoms with E-state index in [1.807, 2.05) is 12.1 Å². The highest BCUT2D eigenvalue weighted by molar-refractivity contribution is 9.10. The van der Waals surface area contributed by atoms with Gasteiger partial charge < -0.3 is 4.90 Å². The highest BCUT2D eigenvalue weighted by Gasteiger charge is 2.29. The smallest absolute Gasteiger partial charge is 0.253 e. The Hall–Kier alpha value is -1.71. The number of amides is 1. The number of nitrogens with zero attached hydrogens (tertiary/aromatic N) is 2. The third-order valence-corrected chi connectivity index (χ3v) is 6.84. The molecule has 7 nitrogen and oxygen atoms in total. The van der Waals surface area contributed by atoms with Crippen molar-refractivity contribution in [3.63, 3.8) is 0 Å². The van der Waals surface area contributed by atoms with Crippen LogP contribution < -0.4 is 4.72 Å². The average molecular weight is 441 g/mol. The van der Waals surface area contributed by atoms with Crippen LogP contribution in [0.2, 0.25) is 0 Å². The first-order chi connectivity index (χ1) is 12.3. The third kappa shape index (κ3) is 3.99. The average Bonchev–Trinajstić information content (AvgIpc) is 2.95. The van der Waals surface area contributed by atoms with Gasteiger partial charge in [-0.25, -0.2) is 13.1 Å². The molecule has 0 aliphatic carbocycles. The van der Waals surface area contributed by atoms with Gasteiger partial charge in [-0.2, -0.15) is 5.10 Å². The van der Waals surface area contributed by atoms with Crippen LogP contribution in [-0.4, -0.2) is 48.6 Å². The van der Waals surface area contributed by atoms with E-state index >= 15 is 0 Å². The summed E-state index contributed by atoms with van der Waals surface area (Å²) in [5.74, 6) is -0.0275. The number of aromatic nitrogens is 2. The van der Waals surface area contributed by atoms with Gasteiger partial charge in [0.1, 0.15) is 4.90 Å². The lowest BCUT2D eigenvalue weighted by Crippen LogP contribution is -2.46. The summed E-state index contributed by atoms with van der Waals surface area (Å²) in [7, 11) is -3.62. The highest BCUT2D eigenvalue weighted by Crippen LogP contribution is 2.20. The summed E-state index contributed by atoms with van der Waals surface area (Å²) >= 11 is 3.36. The number of rotatable bonds is 4. The molecule has 1 aromatic heterocycles. The zero-order valence-electron chi connectivity index (χ0n) is 14.6. The second-order valence-corrected chi connectivity index (χ2v) is 9.02. The maximum atomic E-state index is 12.6. The maximum Gasteiger partial charge on any atom is 0.253 e. The van der Waals surface area contributed by atoms with Gasteiger partial charge in [0, 0.05) is 29.2 Å². The molecular weight excluding hydrogens is 420 g/mol. The molecular formula is C17H21BrN4O3S. The van der Waals surface area contributed by atoms with Crippen LogP contribution in [-0.2, 0) is 10.0 Å². The van der Waals surface area contributed by atoms with Crippen molar-refractivity contribution in [2.24, 2.45) is 0 Å². The van der Waals surface area contributed by atoms with Crippen LogP contribution in [0, 0.1) is 13.8 Å². The Morgan fingerprint density at radius 3 is 2.38 bits per heavy atom. The van der Waals surface area contributed by atoms with Crippen LogP contribution in [0.25, 0.3) is 0 Å². The van der Waals surface area contributed by atoms with E-state index in [0.29, 0.717) is 42.9 Å². The minimum absolute atomic E-state index is 0.0275. The molecule has 1 aromatic carbocycles. The number of aromatic amines is 1. The molecule has 1 amide bonds. The summed E-state index contributed by atoms with van der Waals surface area (Å²) < 4.78 is 28.9. The van der Waals surface area contributed by atoms with Gasteiger partial charge in [0.05, 0.1) is 11.4 Å². The minimum Gasteiger partial charge on any atom is -0.339 e. The molecule has 1 aliphatic heterocycles. The normalized spacial score (nSPS) is 16.0. The largest absolute Gasteiger partial charge is 0.339 e. The van der Waals surface area contributed by atoms with Crippen LogP contribution in [0.1, 0.15) is 34.6 Å². The van der Waals surface area contributed by atoms with Crippen molar-refractivity contribution in [2.75, 3.05) is 13.1 Å². The molecule has 0 saturated carbocycles. The summed E-state index contributed by atoms with van der Waals surface area (Å²) in [5, 5.41) is 6.65. The van der Waals surface area contributed by atoms with Gasteiger partial charge in [-0.3, -0.25) is 9.89 Å². The number of halogens is 1. The summed E-state index contributed by atoms with van der Waals surface area (Å²) in [6.07, 6.45) is 1.16. The molecule has 9 heteroatoms. The second-order valence-electron chi connectivity index (χ2n) is 6.46. The number of sulfonamides is 1. The van der Waals surface area contributed by atoms with Gasteiger partial charge in [-0.15, -0.1) is 0 Å². The van der Waals surface area contributed by atoms with Crippen LogP contribution in [0.15, 0.2) is 33.6 Å². The van der Waals surface area contributed by atoms with Crippen molar-refractivity contribution in [1.82, 2.24) is 19.8 Å². The van der Waals surface area contributed by atoms with E-state index in [-0.39, 0.29) is 16.8 Å². The molecule has 0 bridgehead atoms. The Bertz CT molecular complexity index is 881. The fraction of sp³-hybridized carbons (Fsp3) is 0.412. The molecule has 0 atom stereocenters. The molecule has 0 spiro atoms. The predicted octanol–water partition coefficient (Wildman–Crippen LogP) is 2.37. The van der Waals surface area contributed by atoms with Crippen molar-refractivity contribution in [3.05, 3.63) is 45.7 Å². The van der Waals surface area contributed by atoms with Crippen molar-refractivity contribution in [1.29, 1.82) is 0 Å². The first-order valence-corrected chi connectivity index (χ1v) is 10.6. The molecule has 0 unspecified atom stereocenters. The van der Waals surface area contributed by atoms with Gasteiger partial charge in [-0.05, 0) is 51.0 Å². The van der Waals surface area contributed by atoms with Crippen molar-refractivity contribution >= 4 is 31.9 Å². The van der Waals surface area contributed by atoms with E-state index in [2.05, 4.69) is 30.8 Å². The lowest BCUT2D eigenvalue weighted by atomic mass is 10.0. The molecule has 2 aromatic rings. The van der Waals surface area contributed by atoms with E-state index < -0.39 is 10.0 Å². The molecule has 1 fully saturated rings. The molecule has 2 heterocycles. The highest BCUT2D eigenvalue weighted by atomic mass is 79.9. The first-order valence-electron chi connectivity index (χ1n) is 8.36. The molecule has 3 rings (SSSR count). The summed E-state index contributed by atoms with van der Waals surface area (Å²) in [4.78, 5) is 14.5. The fourth-order valence-electron chi connectivity index (χ4n) is 3.19. The van der Waals surface area contributed by atoms with Crippen molar-refractivity contribution in [2.45, 2.75) is 37.6 Å². The van der Waals surface area contributed by atoms with Crippen molar-refractivity contribution < 1.29 is 13.2 Å². The van der Waals surface area contributed by atoms with E-state index in [0.717, 1.165) is 4.47 Å². The first kappa shape index (κ1) is 19.1. The number of likely N-dealkylation sites (tertiary alicyclic amines) is 1. The Labute approximate surface area is 161 Å². The zero-order valence-corrected chi connectivity index (χ0v) is 17.0. The Morgan fingerprint density at radius 2 is 1.85 bits per heavy atom. The molecule has 2 N–H and O–H groups in total. The monoisotopic (exact) mass is 440 g/mol. The second kappa shape index (κ2) is 7.50. The maximum absolute atomic E-state index is 12.6. The van der Waals surface area contributed by atoms with E-state index in [9.17, 15) is 13.2 Å². The van der Waals surface area contributed by atoms with Crippen LogP contribution in [0.4, 0.5) is 0 Å². The Morgan fingerprint density at radius 1 is 1.23 bits per heavy atom. The SMILES string of the molecule is Cc1n[nH]c(C)c1S(=O)(=O)NC1CCN(C(=O)c2ccc(Br)cc2)CC1. The number of hydrogen-bond acceptors (Lipinski definition) is 4. The van der Waals surface area contributed by atoms with E-state index in [1.165, 1.54) is 0 Å². The Kier molecular flexibility index (Phi) is 5.50. The number of H-pyrrole nitrogens is 1. The standard InChI is InChI=1S/C17H21BrN4O3S/c1-11-16(12(2)20-19-11)26(24,25)21-15-7-9-22(10-8-15)17(23)13-3-5-14(18)6-4-13/h3-6,15,21H,7-10H2,1-2H3,(H,19,20). The number of carbonyl (C=O) groups is 1. The number of nitrogens with one attached hydrogen (secondary N) is 2. The minimum atomic E-state index is -3.62. The van der Waals surface area contributed by atoms with Gasteiger partial charge in [-0.1, -0.05) is 15.9 Å². The van der Waals surface area contributed by atoms with Gasteiger partial charge in [0.25, 0.3) is 5.91 Å². The number of carbonyl (C=O) groups excluding carboxylic acids is 1. The lowest BCUT2D eigenvalue weighted by Gasteiger charge is -2.32. The predicted molar refractivity (Wildman–Crippen MR) is 101 cm³/mol. The fourth-order valence-corrected chi connectivity index (χ4v) is 5.13. The zero-order chi connectivity index (χ0) is 18.9. The summed E-state index contributed by atoms with van der Waals surface area (Å²) in [6.45, 7) is 4.39. The Balaban J connectivity index is 1.62. The van der Waals surface area contributed by atoms with E-state index in [1.54, 1.807) is 30.9 Å². The van der Waals surface area contributed by atoms with E-state index in [4.69, 9.17) is 0 Å². The van der Waals surface area contributed by atoms with Gasteiger partial charge in [0.15, 0.2) is 0 Å². The molecule has 0 radical (unpaired) electrons. The molecule has 140 valence electrons. The molecule has 26 heavy (non-hydrogen) atoms. The number of aryl methyl sites for hydroxylation is 2. The quantitative estimate of drug-likeness (QED) is 0.762. The summed E-state index contributed by atoms with van der Waals surface area (Å²) in [6, 6.07) is 7.05. The lowest BCUT2D eigenvalue weighted by molar-refractivity contribution is 0.0711. The van der Waals surface area contributed by atoms with Crippen LogP contribution in [0.5, 0.6) is 0 Å². The third-order valence-electron chi connectivity index (χ3n) is 4.52. The van der Waals surface area contributed by atoms with Gasteiger partial charge >= 0.3 is 0 Å². The summed E-state index contributed by atoms with van der Waals surface area (Å²) in [5.41, 5.74) is 1.62. The van der Waals surface area contributed by atoms with Crippen LogP contribution >= 0.6 is 15.9 Å². The topological polar surface area (TPSA) is 95.2 Å². The number of benzene rings is 1.